The summed E-state index contributed by atoms with van der Waals surface area (Å²) < 4.78 is 5.51. The normalized spacial score (nSPS) is 12.5. The van der Waals surface area contributed by atoms with Gasteiger partial charge in [0.1, 0.15) is 17.5 Å². The fourth-order valence-electron chi connectivity index (χ4n) is 3.23. The number of phenolic OH excluding ortho intramolecular Hbond substituents is 1. The van der Waals surface area contributed by atoms with Crippen molar-refractivity contribution in [2.24, 2.45) is 4.99 Å². The predicted molar refractivity (Wildman–Crippen MR) is 113 cm³/mol. The van der Waals surface area contributed by atoms with Gasteiger partial charge < -0.3 is 19.6 Å². The fourth-order valence-corrected chi connectivity index (χ4v) is 3.23. The largest absolute Gasteiger partial charge is 0.507 e. The van der Waals surface area contributed by atoms with E-state index in [2.05, 4.69) is 43.9 Å². The number of phenols is 1. The van der Waals surface area contributed by atoms with E-state index < -0.39 is 0 Å². The molecule has 146 valence electrons. The monoisotopic (exact) mass is 370 g/mol. The smallest absolute Gasteiger partial charge is 0.136 e. The summed E-state index contributed by atoms with van der Waals surface area (Å²) in [4.78, 5) is 8.09. The maximum Gasteiger partial charge on any atom is 0.136 e. The van der Waals surface area contributed by atoms with E-state index in [0.29, 0.717) is 6.54 Å². The molecule has 0 aromatic heterocycles. The summed E-state index contributed by atoms with van der Waals surface area (Å²) in [5.74, 6) is 1.14. The summed E-state index contributed by atoms with van der Waals surface area (Å²) in [6.45, 7) is 6.65. The Morgan fingerprint density at radius 1 is 1.15 bits per heavy atom. The second kappa shape index (κ2) is 9.97. The molecule has 2 aromatic carbocycles. The number of nitrogens with one attached hydrogen (secondary N) is 1. The van der Waals surface area contributed by atoms with Crippen LogP contribution in [0.3, 0.4) is 0 Å². The van der Waals surface area contributed by atoms with Crippen molar-refractivity contribution in [1.82, 2.24) is 0 Å². The number of aliphatic imine (C=N–C) groups is 1. The Hall–Kier alpha value is -2.53. The molecule has 2 aromatic rings. The number of methoxy groups -OCH3 is 1. The van der Waals surface area contributed by atoms with E-state index in [9.17, 15) is 5.11 Å². The van der Waals surface area contributed by atoms with Crippen LogP contribution < -0.4 is 14.5 Å². The second-order valence-corrected chi connectivity index (χ2v) is 6.78. The van der Waals surface area contributed by atoms with E-state index in [0.717, 1.165) is 35.7 Å². The van der Waals surface area contributed by atoms with Gasteiger partial charge in [-0.25, -0.2) is 0 Å². The lowest BCUT2D eigenvalue weighted by Gasteiger charge is -2.22. The van der Waals surface area contributed by atoms with Crippen molar-refractivity contribution < 1.29 is 14.7 Å². The van der Waals surface area contributed by atoms with Crippen molar-refractivity contribution >= 4 is 11.9 Å². The summed E-state index contributed by atoms with van der Waals surface area (Å²) in [5, 5.41) is 10.4. The molecule has 0 heterocycles. The molecule has 1 atom stereocenters. The first-order valence-corrected chi connectivity index (χ1v) is 9.52. The Kier molecular flexibility index (Phi) is 7.67. The lowest BCUT2D eigenvalue weighted by Crippen LogP contribution is -3.06. The van der Waals surface area contributed by atoms with Crippen LogP contribution in [0.4, 0.5) is 5.69 Å². The van der Waals surface area contributed by atoms with Crippen molar-refractivity contribution in [3.63, 3.8) is 0 Å². The minimum absolute atomic E-state index is 0.175. The molecule has 0 bridgehead atoms. The van der Waals surface area contributed by atoms with Crippen LogP contribution in [-0.2, 0) is 0 Å². The van der Waals surface area contributed by atoms with Gasteiger partial charge in [-0.05, 0) is 38.1 Å². The van der Waals surface area contributed by atoms with Crippen LogP contribution in [0.25, 0.3) is 0 Å². The molecule has 0 amide bonds. The number of aromatic hydroxyl groups is 1. The highest BCUT2D eigenvalue weighted by molar-refractivity contribution is 5.84. The van der Waals surface area contributed by atoms with E-state index in [1.807, 2.05) is 36.4 Å². The minimum Gasteiger partial charge on any atom is -0.507 e. The van der Waals surface area contributed by atoms with Gasteiger partial charge in [-0.3, -0.25) is 4.99 Å². The van der Waals surface area contributed by atoms with E-state index >= 15 is 0 Å². The molecule has 2 N–H and O–H groups in total. The first-order chi connectivity index (χ1) is 13.0. The molecule has 2 rings (SSSR count). The van der Waals surface area contributed by atoms with Crippen LogP contribution in [0.2, 0.25) is 0 Å². The van der Waals surface area contributed by atoms with E-state index in [1.54, 1.807) is 13.3 Å². The summed E-state index contributed by atoms with van der Waals surface area (Å²) >= 11 is 0. The molecule has 0 radical (unpaired) electrons. The third kappa shape index (κ3) is 5.23. The highest BCUT2D eigenvalue weighted by Crippen LogP contribution is 2.25. The Morgan fingerprint density at radius 2 is 1.85 bits per heavy atom. The molecular weight excluding hydrogens is 338 g/mol. The number of hydrogen-bond donors (Lipinski definition) is 2. The zero-order valence-corrected chi connectivity index (χ0v) is 17.1. The molecule has 27 heavy (non-hydrogen) atoms. The highest BCUT2D eigenvalue weighted by atomic mass is 16.5. The number of likely N-dealkylation sites (N-methyl/N-ethyl adjacent to an activating group) is 1. The molecular formula is C22H32N3O2+. The molecule has 0 saturated heterocycles. The zero-order valence-electron chi connectivity index (χ0n) is 17.1. The molecule has 5 heteroatoms. The minimum atomic E-state index is 0.175. The predicted octanol–water partition coefficient (Wildman–Crippen LogP) is 2.55. The maximum atomic E-state index is 10.4. The number of quaternary nitrogens is 1. The highest BCUT2D eigenvalue weighted by Gasteiger charge is 2.20. The van der Waals surface area contributed by atoms with Crippen molar-refractivity contribution in [1.29, 1.82) is 0 Å². The summed E-state index contributed by atoms with van der Waals surface area (Å²) in [6.07, 6.45) is 1.76. The first kappa shape index (κ1) is 20.8. The van der Waals surface area contributed by atoms with Gasteiger partial charge in [-0.1, -0.05) is 12.1 Å². The molecule has 0 saturated carbocycles. The Bertz CT molecular complexity index is 755. The molecule has 0 aliphatic carbocycles. The molecule has 0 aliphatic heterocycles. The third-order valence-electron chi connectivity index (χ3n) is 4.87. The SMILES string of the molecule is CCN(CC)c1ccc(C=NC[C@H](c2ccccc2OC)[NH+](C)C)c(O)c1. The Balaban J connectivity index is 2.17. The number of anilines is 1. The first-order valence-electron chi connectivity index (χ1n) is 9.52. The van der Waals surface area contributed by atoms with E-state index in [4.69, 9.17) is 4.74 Å². The molecule has 0 spiro atoms. The number of benzene rings is 2. The maximum absolute atomic E-state index is 10.4. The van der Waals surface area contributed by atoms with Crippen LogP contribution in [-0.4, -0.2) is 52.2 Å². The number of hydrogen-bond acceptors (Lipinski definition) is 4. The Labute approximate surface area is 162 Å². The van der Waals surface area contributed by atoms with Gasteiger partial charge in [0.15, 0.2) is 0 Å². The van der Waals surface area contributed by atoms with Crippen LogP contribution in [0, 0.1) is 0 Å². The van der Waals surface area contributed by atoms with Gasteiger partial charge >= 0.3 is 0 Å². The van der Waals surface area contributed by atoms with E-state index in [-0.39, 0.29) is 11.8 Å². The fraction of sp³-hybridized carbons (Fsp3) is 0.409. The van der Waals surface area contributed by atoms with Crippen LogP contribution in [0.5, 0.6) is 11.5 Å². The lowest BCUT2D eigenvalue weighted by molar-refractivity contribution is -0.890. The third-order valence-corrected chi connectivity index (χ3v) is 4.87. The average Bonchev–Trinajstić information content (AvgIpc) is 2.67. The van der Waals surface area contributed by atoms with Gasteiger partial charge in [0.2, 0.25) is 0 Å². The van der Waals surface area contributed by atoms with Gasteiger partial charge in [-0.2, -0.15) is 0 Å². The average molecular weight is 371 g/mol. The van der Waals surface area contributed by atoms with Crippen LogP contribution in [0.1, 0.15) is 31.0 Å². The van der Waals surface area contributed by atoms with Crippen molar-refractivity contribution in [3.8, 4) is 11.5 Å². The van der Waals surface area contributed by atoms with Crippen molar-refractivity contribution in [3.05, 3.63) is 53.6 Å². The molecule has 5 nitrogen and oxygen atoms in total. The summed E-state index contributed by atoms with van der Waals surface area (Å²) in [7, 11) is 5.92. The van der Waals surface area contributed by atoms with Gasteiger partial charge in [0.05, 0.1) is 33.3 Å². The molecule has 0 aliphatic rings. The standard InChI is InChI=1S/C22H31N3O2/c1-6-25(7-2)18-13-12-17(21(26)14-18)15-23-16-20(24(3)4)19-10-8-9-11-22(19)27-5/h8-15,20,26H,6-7,16H2,1-5H3/p+1/t20-/m1/s1. The Morgan fingerprint density at radius 3 is 2.44 bits per heavy atom. The summed E-state index contributed by atoms with van der Waals surface area (Å²) in [6, 6.07) is 14.0. The second-order valence-electron chi connectivity index (χ2n) is 6.78. The zero-order chi connectivity index (χ0) is 19.8. The molecule has 0 unspecified atom stereocenters. The van der Waals surface area contributed by atoms with Crippen molar-refractivity contribution in [2.45, 2.75) is 19.9 Å². The molecule has 0 fully saturated rings. The number of para-hydroxylation sites is 1. The van der Waals surface area contributed by atoms with Gasteiger partial charge in [-0.15, -0.1) is 0 Å². The lowest BCUT2D eigenvalue weighted by atomic mass is 10.0. The van der Waals surface area contributed by atoms with Gasteiger partial charge in [0, 0.05) is 36.6 Å². The number of ether oxygens (including phenoxy) is 1. The number of nitrogens with zero attached hydrogens (tertiary/aromatic N) is 2. The number of rotatable bonds is 9. The van der Waals surface area contributed by atoms with Crippen LogP contribution >= 0.6 is 0 Å². The van der Waals surface area contributed by atoms with Crippen LogP contribution in [0.15, 0.2) is 47.5 Å². The van der Waals surface area contributed by atoms with Crippen molar-refractivity contribution in [2.75, 3.05) is 45.7 Å². The summed E-state index contributed by atoms with van der Waals surface area (Å²) in [5.41, 5.74) is 2.90. The van der Waals surface area contributed by atoms with Gasteiger partial charge in [0.25, 0.3) is 0 Å². The quantitative estimate of drug-likeness (QED) is 0.667. The van der Waals surface area contributed by atoms with E-state index in [1.165, 1.54) is 4.90 Å². The topological polar surface area (TPSA) is 49.5 Å².